The fraction of sp³-hybridized carbons (Fsp3) is 0.500. The van der Waals surface area contributed by atoms with E-state index in [2.05, 4.69) is 5.32 Å². The lowest BCUT2D eigenvalue weighted by atomic mass is 9.92. The van der Waals surface area contributed by atoms with E-state index in [1.807, 2.05) is 26.0 Å². The van der Waals surface area contributed by atoms with Crippen LogP contribution in [0.15, 0.2) is 58.9 Å². The summed E-state index contributed by atoms with van der Waals surface area (Å²) in [6.45, 7) is 8.92. The van der Waals surface area contributed by atoms with Gasteiger partial charge in [-0.25, -0.2) is 4.79 Å². The van der Waals surface area contributed by atoms with E-state index >= 15 is 0 Å². The van der Waals surface area contributed by atoms with Gasteiger partial charge < -0.3 is 25.4 Å². The quantitative estimate of drug-likeness (QED) is 0.311. The summed E-state index contributed by atoms with van der Waals surface area (Å²) in [6.07, 6.45) is 9.06. The Labute approximate surface area is 184 Å². The van der Waals surface area contributed by atoms with Crippen molar-refractivity contribution in [3.05, 3.63) is 58.9 Å². The van der Waals surface area contributed by atoms with Gasteiger partial charge in [-0.05, 0) is 27.2 Å². The van der Waals surface area contributed by atoms with Crippen LogP contribution in [0.1, 0.15) is 47.5 Å². The van der Waals surface area contributed by atoms with Crippen LogP contribution < -0.4 is 5.32 Å². The van der Waals surface area contributed by atoms with Gasteiger partial charge in [0.15, 0.2) is 0 Å². The number of rotatable bonds is 10. The summed E-state index contributed by atoms with van der Waals surface area (Å²) in [4.78, 5) is 22.6. The van der Waals surface area contributed by atoms with Crippen LogP contribution in [0.2, 0.25) is 0 Å². The molecule has 0 bridgehead atoms. The lowest BCUT2D eigenvalue weighted by Crippen LogP contribution is -2.35. The zero-order valence-corrected chi connectivity index (χ0v) is 19.0. The van der Waals surface area contributed by atoms with E-state index in [-0.39, 0.29) is 29.6 Å². The summed E-state index contributed by atoms with van der Waals surface area (Å²) in [5, 5.41) is 33.0. The van der Waals surface area contributed by atoms with Crippen LogP contribution in [-0.4, -0.2) is 52.1 Å². The molecule has 4 unspecified atom stereocenters. The number of aliphatic hydroxyl groups is 3. The third kappa shape index (κ3) is 9.81. The second-order valence-electron chi connectivity index (χ2n) is 7.90. The van der Waals surface area contributed by atoms with Crippen molar-refractivity contribution >= 4 is 11.9 Å². The van der Waals surface area contributed by atoms with Crippen molar-refractivity contribution in [2.45, 2.75) is 65.8 Å². The molecule has 0 aromatic heterocycles. The topological polar surface area (TPSA) is 116 Å². The number of hydrogen-bond acceptors (Lipinski definition) is 6. The van der Waals surface area contributed by atoms with E-state index in [1.54, 1.807) is 31.2 Å². The predicted molar refractivity (Wildman–Crippen MR) is 120 cm³/mol. The Hall–Kier alpha value is -2.64. The first-order valence-corrected chi connectivity index (χ1v) is 10.4. The summed E-state index contributed by atoms with van der Waals surface area (Å²) >= 11 is 0. The minimum Gasteiger partial charge on any atom is -0.511 e. The number of amides is 1. The first-order chi connectivity index (χ1) is 14.5. The lowest BCUT2D eigenvalue weighted by Gasteiger charge is -2.30. The first kappa shape index (κ1) is 26.4. The standard InChI is InChI=1S/C24H35NO6/c1-15(6-9-20(27)10-7-16(2)12-13-25-19(5)26)8-11-21(28)14-22-17(3)23(29)18(4)24(30)31-22/h6-8,10-12,17,20-22,27-29H,9,13-14H2,1-5H3,(H,25,26)/b10-7+,11-8+,15-6+,16-12+. The highest BCUT2D eigenvalue weighted by atomic mass is 16.5. The second kappa shape index (κ2) is 12.9. The lowest BCUT2D eigenvalue weighted by molar-refractivity contribution is -0.151. The number of allylic oxidation sites excluding steroid dienone is 4. The molecule has 4 atom stereocenters. The molecule has 1 amide bonds. The van der Waals surface area contributed by atoms with Crippen LogP contribution in [-0.2, 0) is 14.3 Å². The maximum absolute atomic E-state index is 11.7. The molecule has 1 aliphatic rings. The largest absolute Gasteiger partial charge is 0.511 e. The van der Waals surface area contributed by atoms with Crippen LogP contribution in [0.3, 0.4) is 0 Å². The normalized spacial score (nSPS) is 22.7. The van der Waals surface area contributed by atoms with Crippen molar-refractivity contribution in [1.29, 1.82) is 0 Å². The molecule has 0 saturated heterocycles. The molecule has 1 heterocycles. The summed E-state index contributed by atoms with van der Waals surface area (Å²) in [7, 11) is 0. The monoisotopic (exact) mass is 433 g/mol. The molecule has 7 nitrogen and oxygen atoms in total. The fourth-order valence-electron chi connectivity index (χ4n) is 2.92. The fourth-order valence-corrected chi connectivity index (χ4v) is 2.92. The summed E-state index contributed by atoms with van der Waals surface area (Å²) in [5.41, 5.74) is 2.01. The van der Waals surface area contributed by atoms with E-state index in [4.69, 9.17) is 4.74 Å². The third-order valence-electron chi connectivity index (χ3n) is 5.03. The molecule has 172 valence electrons. The van der Waals surface area contributed by atoms with Crippen molar-refractivity contribution < 1.29 is 29.6 Å². The number of hydrogen-bond donors (Lipinski definition) is 4. The van der Waals surface area contributed by atoms with E-state index in [0.29, 0.717) is 13.0 Å². The van der Waals surface area contributed by atoms with Gasteiger partial charge in [-0.15, -0.1) is 0 Å². The average Bonchev–Trinajstić information content (AvgIpc) is 2.71. The summed E-state index contributed by atoms with van der Waals surface area (Å²) in [5.74, 6) is -1.01. The molecule has 7 heteroatoms. The smallest absolute Gasteiger partial charge is 0.337 e. The van der Waals surface area contributed by atoms with E-state index in [0.717, 1.165) is 11.1 Å². The van der Waals surface area contributed by atoms with E-state index in [1.165, 1.54) is 13.8 Å². The highest BCUT2D eigenvalue weighted by Gasteiger charge is 2.34. The van der Waals surface area contributed by atoms with Crippen molar-refractivity contribution in [3.8, 4) is 0 Å². The number of carbonyl (C=O) groups is 2. The zero-order valence-electron chi connectivity index (χ0n) is 19.0. The molecule has 31 heavy (non-hydrogen) atoms. The van der Waals surface area contributed by atoms with Crippen LogP contribution in [0.4, 0.5) is 0 Å². The van der Waals surface area contributed by atoms with Crippen molar-refractivity contribution in [2.75, 3.05) is 6.54 Å². The van der Waals surface area contributed by atoms with Crippen molar-refractivity contribution in [2.24, 2.45) is 5.92 Å². The van der Waals surface area contributed by atoms with Crippen LogP contribution in [0.25, 0.3) is 0 Å². The third-order valence-corrected chi connectivity index (χ3v) is 5.03. The Morgan fingerprint density at radius 1 is 1.10 bits per heavy atom. The Bertz CT molecular complexity index is 790. The number of nitrogens with one attached hydrogen (secondary N) is 1. The predicted octanol–water partition coefficient (Wildman–Crippen LogP) is 3.02. The number of esters is 1. The molecule has 1 rings (SSSR count). The van der Waals surface area contributed by atoms with Crippen LogP contribution >= 0.6 is 0 Å². The Morgan fingerprint density at radius 2 is 1.68 bits per heavy atom. The Morgan fingerprint density at radius 3 is 2.29 bits per heavy atom. The van der Waals surface area contributed by atoms with E-state index < -0.39 is 24.3 Å². The summed E-state index contributed by atoms with van der Waals surface area (Å²) < 4.78 is 5.29. The van der Waals surface area contributed by atoms with Crippen molar-refractivity contribution in [1.82, 2.24) is 5.32 Å². The van der Waals surface area contributed by atoms with Crippen LogP contribution in [0.5, 0.6) is 0 Å². The Kier molecular flexibility index (Phi) is 11.0. The maximum Gasteiger partial charge on any atom is 0.337 e. The molecule has 0 aliphatic carbocycles. The molecule has 0 aromatic carbocycles. The average molecular weight is 434 g/mol. The number of carbonyl (C=O) groups excluding carboxylic acids is 2. The van der Waals surface area contributed by atoms with Gasteiger partial charge in [-0.1, -0.05) is 54.5 Å². The molecule has 1 aliphatic heterocycles. The van der Waals surface area contributed by atoms with Gasteiger partial charge in [0.2, 0.25) is 5.91 Å². The van der Waals surface area contributed by atoms with Gasteiger partial charge in [0, 0.05) is 19.9 Å². The molecule has 4 N–H and O–H groups in total. The molecule has 0 aromatic rings. The zero-order chi connectivity index (χ0) is 23.6. The Balaban J connectivity index is 2.51. The van der Waals surface area contributed by atoms with Gasteiger partial charge in [0.1, 0.15) is 11.9 Å². The van der Waals surface area contributed by atoms with Gasteiger partial charge in [0.05, 0.1) is 23.7 Å². The minimum absolute atomic E-state index is 0.00995. The number of cyclic esters (lactones) is 1. The first-order valence-electron chi connectivity index (χ1n) is 10.4. The molecule has 0 fully saturated rings. The van der Waals surface area contributed by atoms with Crippen LogP contribution in [0, 0.1) is 5.92 Å². The maximum atomic E-state index is 11.7. The highest BCUT2D eigenvalue weighted by Crippen LogP contribution is 2.28. The van der Waals surface area contributed by atoms with Gasteiger partial charge >= 0.3 is 5.97 Å². The molecule has 0 radical (unpaired) electrons. The summed E-state index contributed by atoms with van der Waals surface area (Å²) in [6, 6.07) is 0. The number of ether oxygens (including phenoxy) is 1. The minimum atomic E-state index is -0.837. The van der Waals surface area contributed by atoms with Crippen molar-refractivity contribution in [3.63, 3.8) is 0 Å². The number of aliphatic hydroxyl groups excluding tert-OH is 3. The molecule has 0 saturated carbocycles. The molecule has 0 spiro atoms. The molecular formula is C24H35NO6. The van der Waals surface area contributed by atoms with Gasteiger partial charge in [-0.2, -0.15) is 0 Å². The SMILES string of the molecule is CC(=O)NC/C=C(C)/C=C/C(O)C/C=C(C)/C=C/C(O)CC1OC(=O)C(C)=C(O)C1C. The second-order valence-corrected chi connectivity index (χ2v) is 7.90. The highest BCUT2D eigenvalue weighted by molar-refractivity contribution is 5.89. The van der Waals surface area contributed by atoms with Gasteiger partial charge in [0.25, 0.3) is 0 Å². The molecular weight excluding hydrogens is 398 g/mol. The van der Waals surface area contributed by atoms with E-state index in [9.17, 15) is 24.9 Å². The van der Waals surface area contributed by atoms with Gasteiger partial charge in [-0.3, -0.25) is 4.79 Å².